The van der Waals surface area contributed by atoms with Crippen molar-refractivity contribution >= 4 is 39.6 Å². The van der Waals surface area contributed by atoms with Gasteiger partial charge in [-0.2, -0.15) is 19.8 Å². The molecule has 2 unspecified atom stereocenters. The average Bonchev–Trinajstić information content (AvgIpc) is 3.71. The number of aromatic amines is 2. The second-order valence-corrected chi connectivity index (χ2v) is 8.96. The minimum atomic E-state index is -1.29. The molecule has 6 aromatic heterocycles. The normalized spacial score (nSPS) is 20.2. The molecule has 0 amide bonds. The van der Waals surface area contributed by atoms with Gasteiger partial charge in [0, 0.05) is 29.2 Å². The Labute approximate surface area is 204 Å². The highest BCUT2D eigenvalue weighted by molar-refractivity contribution is 7.13. The zero-order chi connectivity index (χ0) is 23.2. The first kappa shape index (κ1) is 19.9. The molecule has 15 heteroatoms. The Bertz CT molecular complexity index is 1350. The standard InChI is InChI=1S/C20H15N11O2S2/c1-2-15(21-5-1)29-17(13-4-10-35-27-13)30(16-3-8-33-26-16)31(19-23-7-11-34-19)20(29,14-12-24-28-25-14)18-22-6-9-32-18/h1-12,17,21H,(H,24,25,28). The van der Waals surface area contributed by atoms with E-state index in [1.807, 2.05) is 45.2 Å². The number of anilines is 3. The zero-order valence-electron chi connectivity index (χ0n) is 17.7. The third kappa shape index (κ3) is 2.79. The molecular weight excluding hydrogens is 490 g/mol. The van der Waals surface area contributed by atoms with Gasteiger partial charge in [0.15, 0.2) is 12.0 Å². The molecule has 1 saturated heterocycles. The molecule has 6 aromatic rings. The smallest absolute Gasteiger partial charge is 0.261 e. The molecule has 0 bridgehead atoms. The van der Waals surface area contributed by atoms with Crippen LogP contribution < -0.4 is 14.9 Å². The van der Waals surface area contributed by atoms with Crippen LogP contribution in [0.5, 0.6) is 0 Å². The van der Waals surface area contributed by atoms with Crippen LogP contribution >= 0.6 is 22.9 Å². The summed E-state index contributed by atoms with van der Waals surface area (Å²) in [6.45, 7) is 0. The molecule has 1 aliphatic rings. The molecule has 13 nitrogen and oxygen atoms in total. The summed E-state index contributed by atoms with van der Waals surface area (Å²) >= 11 is 2.81. The molecule has 35 heavy (non-hydrogen) atoms. The van der Waals surface area contributed by atoms with Crippen LogP contribution in [0, 0.1) is 0 Å². The maximum Gasteiger partial charge on any atom is 0.261 e. The van der Waals surface area contributed by atoms with Crippen LogP contribution in [0.3, 0.4) is 0 Å². The molecule has 0 aromatic carbocycles. The number of hydrazine groups is 1. The Morgan fingerprint density at radius 1 is 1.09 bits per heavy atom. The van der Waals surface area contributed by atoms with Gasteiger partial charge in [0.05, 0.1) is 18.1 Å². The second kappa shape index (κ2) is 7.78. The summed E-state index contributed by atoms with van der Waals surface area (Å²) < 4.78 is 16.0. The average molecular weight is 506 g/mol. The van der Waals surface area contributed by atoms with Gasteiger partial charge >= 0.3 is 0 Å². The highest BCUT2D eigenvalue weighted by Crippen LogP contribution is 2.55. The molecule has 1 aliphatic heterocycles. The summed E-state index contributed by atoms with van der Waals surface area (Å²) in [5, 5.41) is 24.1. The summed E-state index contributed by atoms with van der Waals surface area (Å²) in [4.78, 5) is 14.7. The number of aromatic nitrogens is 8. The largest absolute Gasteiger partial charge is 0.445 e. The van der Waals surface area contributed by atoms with Crippen LogP contribution in [-0.4, -0.2) is 39.9 Å². The van der Waals surface area contributed by atoms with Crippen molar-refractivity contribution in [2.24, 2.45) is 0 Å². The number of rotatable bonds is 6. The van der Waals surface area contributed by atoms with Crippen LogP contribution in [0.2, 0.25) is 0 Å². The van der Waals surface area contributed by atoms with Crippen molar-refractivity contribution in [1.29, 1.82) is 0 Å². The Hall–Kier alpha value is -4.50. The lowest BCUT2D eigenvalue weighted by molar-refractivity contribution is 0.363. The van der Waals surface area contributed by atoms with Crippen molar-refractivity contribution in [2.45, 2.75) is 11.8 Å². The van der Waals surface area contributed by atoms with E-state index in [4.69, 9.17) is 13.3 Å². The summed E-state index contributed by atoms with van der Waals surface area (Å²) in [7, 11) is 0. The van der Waals surface area contributed by atoms with Gasteiger partial charge in [-0.05, 0) is 29.7 Å². The van der Waals surface area contributed by atoms with Gasteiger partial charge in [0.2, 0.25) is 11.0 Å². The maximum atomic E-state index is 6.03. The van der Waals surface area contributed by atoms with Crippen LogP contribution in [0.25, 0.3) is 0 Å². The molecule has 7 rings (SSSR count). The number of nitrogens with zero attached hydrogens (tertiary/aromatic N) is 9. The van der Waals surface area contributed by atoms with Crippen molar-refractivity contribution in [3.63, 3.8) is 0 Å². The third-order valence-electron chi connectivity index (χ3n) is 5.67. The van der Waals surface area contributed by atoms with Crippen LogP contribution in [0.4, 0.5) is 16.8 Å². The van der Waals surface area contributed by atoms with E-state index >= 15 is 0 Å². The van der Waals surface area contributed by atoms with Crippen molar-refractivity contribution in [3.8, 4) is 0 Å². The lowest BCUT2D eigenvalue weighted by Gasteiger charge is -2.39. The topological polar surface area (TPSA) is 145 Å². The monoisotopic (exact) mass is 505 g/mol. The molecular formula is C20H15N11O2S2. The lowest BCUT2D eigenvalue weighted by Crippen LogP contribution is -2.55. The molecule has 0 radical (unpaired) electrons. The van der Waals surface area contributed by atoms with Crippen LogP contribution in [-0.2, 0) is 5.66 Å². The van der Waals surface area contributed by atoms with Gasteiger partial charge in [-0.25, -0.2) is 20.0 Å². The molecule has 1 fully saturated rings. The van der Waals surface area contributed by atoms with Gasteiger partial charge < -0.3 is 13.9 Å². The molecule has 0 aliphatic carbocycles. The fourth-order valence-corrected chi connectivity index (χ4v) is 5.67. The van der Waals surface area contributed by atoms with Crippen molar-refractivity contribution in [1.82, 2.24) is 39.9 Å². The summed E-state index contributed by atoms with van der Waals surface area (Å²) in [5.41, 5.74) is 0.00829. The maximum absolute atomic E-state index is 6.03. The van der Waals surface area contributed by atoms with Gasteiger partial charge in [0.1, 0.15) is 24.0 Å². The SMILES string of the molecule is c1c[nH]c(N2C(c3ccsn3)N(c3ccon3)N(c3nccs3)C2(c2cn[nH]n2)c2ncco2)c1. The van der Waals surface area contributed by atoms with E-state index in [0.29, 0.717) is 22.5 Å². The van der Waals surface area contributed by atoms with Gasteiger partial charge in [-0.1, -0.05) is 5.16 Å². The highest BCUT2D eigenvalue weighted by Gasteiger charge is 2.66. The number of hydrogen-bond acceptors (Lipinski definition) is 13. The van der Waals surface area contributed by atoms with E-state index in [1.54, 1.807) is 24.7 Å². The zero-order valence-corrected chi connectivity index (χ0v) is 19.3. The third-order valence-corrected chi connectivity index (χ3v) is 6.99. The number of thiazole rings is 1. The first-order valence-electron chi connectivity index (χ1n) is 10.4. The van der Waals surface area contributed by atoms with Crippen LogP contribution in [0.1, 0.15) is 23.4 Å². The Morgan fingerprint density at radius 3 is 2.74 bits per heavy atom. The molecule has 0 spiro atoms. The van der Waals surface area contributed by atoms with E-state index in [2.05, 4.69) is 40.4 Å². The summed E-state index contributed by atoms with van der Waals surface area (Å²) in [5.74, 6) is 1.64. The number of oxazole rings is 1. The number of H-pyrrole nitrogens is 2. The molecule has 7 heterocycles. The number of nitrogens with one attached hydrogen (secondary N) is 2. The quantitative estimate of drug-likeness (QED) is 0.343. The van der Waals surface area contributed by atoms with Gasteiger partial charge in [0.25, 0.3) is 5.66 Å². The predicted octanol–water partition coefficient (Wildman–Crippen LogP) is 3.37. The first-order chi connectivity index (χ1) is 17.4. The van der Waals surface area contributed by atoms with E-state index in [0.717, 1.165) is 11.5 Å². The first-order valence-corrected chi connectivity index (χ1v) is 12.1. The minimum Gasteiger partial charge on any atom is -0.445 e. The molecule has 174 valence electrons. The van der Waals surface area contributed by atoms with E-state index < -0.39 is 11.8 Å². The highest BCUT2D eigenvalue weighted by atomic mass is 32.1. The van der Waals surface area contributed by atoms with Crippen molar-refractivity contribution in [2.75, 3.05) is 14.9 Å². The van der Waals surface area contributed by atoms with Crippen LogP contribution in [0.15, 0.2) is 81.3 Å². The Kier molecular flexibility index (Phi) is 4.43. The van der Waals surface area contributed by atoms with E-state index in [1.165, 1.54) is 35.4 Å². The number of hydrogen-bond donors (Lipinski definition) is 2. The lowest BCUT2D eigenvalue weighted by atomic mass is 10.0. The van der Waals surface area contributed by atoms with E-state index in [9.17, 15) is 0 Å². The summed E-state index contributed by atoms with van der Waals surface area (Å²) in [6.07, 6.45) is 9.35. The molecule has 2 atom stereocenters. The van der Waals surface area contributed by atoms with Crippen molar-refractivity contribution < 1.29 is 8.94 Å². The fourth-order valence-electron chi connectivity index (χ4n) is 4.45. The Balaban J connectivity index is 1.63. The van der Waals surface area contributed by atoms with Gasteiger partial charge in [-0.3, -0.25) is 4.90 Å². The minimum absolute atomic E-state index is 0.349. The van der Waals surface area contributed by atoms with Crippen molar-refractivity contribution in [3.05, 3.63) is 89.6 Å². The van der Waals surface area contributed by atoms with E-state index in [-0.39, 0.29) is 0 Å². The molecule has 2 N–H and O–H groups in total. The predicted molar refractivity (Wildman–Crippen MR) is 125 cm³/mol. The summed E-state index contributed by atoms with van der Waals surface area (Å²) in [6, 6.07) is 7.63. The Morgan fingerprint density at radius 2 is 2.09 bits per heavy atom. The molecule has 0 saturated carbocycles. The fraction of sp³-hybridized carbons (Fsp3) is 0.100. The second-order valence-electron chi connectivity index (χ2n) is 7.42. The van der Waals surface area contributed by atoms with Gasteiger partial charge in [-0.15, -0.1) is 11.3 Å².